The SMILES string of the molecule is COc1ccc(-c2cncc(OCc3ccccc3)n2)cc1. The van der Waals surface area contributed by atoms with E-state index in [4.69, 9.17) is 9.47 Å². The molecule has 0 spiro atoms. The van der Waals surface area contributed by atoms with E-state index in [1.54, 1.807) is 19.5 Å². The maximum absolute atomic E-state index is 5.70. The molecule has 0 bridgehead atoms. The summed E-state index contributed by atoms with van der Waals surface area (Å²) in [5.41, 5.74) is 2.84. The summed E-state index contributed by atoms with van der Waals surface area (Å²) >= 11 is 0. The van der Waals surface area contributed by atoms with Crippen LogP contribution in [-0.2, 0) is 6.61 Å². The molecule has 0 aliphatic carbocycles. The fraction of sp³-hybridized carbons (Fsp3) is 0.111. The Kier molecular flexibility index (Phi) is 4.30. The number of nitrogens with zero attached hydrogens (tertiary/aromatic N) is 2. The van der Waals surface area contributed by atoms with E-state index in [1.807, 2.05) is 54.6 Å². The summed E-state index contributed by atoms with van der Waals surface area (Å²) in [5, 5.41) is 0. The Morgan fingerprint density at radius 3 is 2.41 bits per heavy atom. The summed E-state index contributed by atoms with van der Waals surface area (Å²) in [6, 6.07) is 17.7. The van der Waals surface area contributed by atoms with Crippen LogP contribution in [0, 0.1) is 0 Å². The quantitative estimate of drug-likeness (QED) is 0.718. The van der Waals surface area contributed by atoms with Crippen molar-refractivity contribution in [3.05, 3.63) is 72.6 Å². The number of benzene rings is 2. The topological polar surface area (TPSA) is 44.2 Å². The molecule has 4 nitrogen and oxygen atoms in total. The van der Waals surface area contributed by atoms with Gasteiger partial charge in [0.2, 0.25) is 5.88 Å². The van der Waals surface area contributed by atoms with Crippen molar-refractivity contribution in [2.45, 2.75) is 6.61 Å². The van der Waals surface area contributed by atoms with Gasteiger partial charge in [-0.05, 0) is 29.8 Å². The summed E-state index contributed by atoms with van der Waals surface area (Å²) in [6.45, 7) is 0.474. The molecule has 0 N–H and O–H groups in total. The van der Waals surface area contributed by atoms with Gasteiger partial charge >= 0.3 is 0 Å². The standard InChI is InChI=1S/C18H16N2O2/c1-21-16-9-7-15(8-10-16)17-11-19-12-18(20-17)22-13-14-5-3-2-4-6-14/h2-12H,13H2,1H3. The lowest BCUT2D eigenvalue weighted by atomic mass is 10.1. The van der Waals surface area contributed by atoms with Gasteiger partial charge in [-0.3, -0.25) is 4.98 Å². The number of aromatic nitrogens is 2. The number of hydrogen-bond donors (Lipinski definition) is 0. The third-order valence-corrected chi connectivity index (χ3v) is 3.23. The predicted octanol–water partition coefficient (Wildman–Crippen LogP) is 3.73. The zero-order chi connectivity index (χ0) is 15.2. The monoisotopic (exact) mass is 292 g/mol. The van der Waals surface area contributed by atoms with Crippen LogP contribution in [0.1, 0.15) is 5.56 Å². The summed E-state index contributed by atoms with van der Waals surface area (Å²) in [6.07, 6.45) is 3.34. The van der Waals surface area contributed by atoms with Gasteiger partial charge in [0.05, 0.1) is 25.2 Å². The van der Waals surface area contributed by atoms with E-state index in [9.17, 15) is 0 Å². The van der Waals surface area contributed by atoms with Crippen molar-refractivity contribution in [2.24, 2.45) is 0 Å². The maximum atomic E-state index is 5.70. The Morgan fingerprint density at radius 1 is 0.909 bits per heavy atom. The molecule has 3 rings (SSSR count). The molecule has 0 aliphatic heterocycles. The molecule has 0 amide bonds. The average molecular weight is 292 g/mol. The van der Waals surface area contributed by atoms with Crippen LogP contribution in [0.5, 0.6) is 11.6 Å². The number of rotatable bonds is 5. The molecule has 0 saturated carbocycles. The summed E-state index contributed by atoms with van der Waals surface area (Å²) < 4.78 is 10.9. The molecule has 0 atom stereocenters. The van der Waals surface area contributed by atoms with Crippen molar-refractivity contribution in [1.29, 1.82) is 0 Å². The van der Waals surface area contributed by atoms with E-state index in [0.717, 1.165) is 22.6 Å². The van der Waals surface area contributed by atoms with Gasteiger partial charge in [0, 0.05) is 5.56 Å². The maximum Gasteiger partial charge on any atom is 0.233 e. The van der Waals surface area contributed by atoms with Gasteiger partial charge in [-0.25, -0.2) is 4.98 Å². The van der Waals surface area contributed by atoms with Crippen molar-refractivity contribution >= 4 is 0 Å². The van der Waals surface area contributed by atoms with Crippen molar-refractivity contribution in [3.8, 4) is 22.9 Å². The first-order valence-electron chi connectivity index (χ1n) is 6.98. The average Bonchev–Trinajstić information content (AvgIpc) is 2.61. The van der Waals surface area contributed by atoms with Crippen LogP contribution in [0.2, 0.25) is 0 Å². The largest absolute Gasteiger partial charge is 0.497 e. The molecule has 2 aromatic carbocycles. The van der Waals surface area contributed by atoms with Gasteiger partial charge in [0.1, 0.15) is 12.4 Å². The summed E-state index contributed by atoms with van der Waals surface area (Å²) in [7, 11) is 1.65. The van der Waals surface area contributed by atoms with Gasteiger partial charge in [0.15, 0.2) is 0 Å². The predicted molar refractivity (Wildman–Crippen MR) is 84.8 cm³/mol. The highest BCUT2D eigenvalue weighted by Gasteiger charge is 2.04. The molecular weight excluding hydrogens is 276 g/mol. The Bertz CT molecular complexity index is 728. The van der Waals surface area contributed by atoms with E-state index in [0.29, 0.717) is 12.5 Å². The van der Waals surface area contributed by atoms with Gasteiger partial charge in [-0.15, -0.1) is 0 Å². The van der Waals surface area contributed by atoms with Crippen molar-refractivity contribution in [1.82, 2.24) is 9.97 Å². The van der Waals surface area contributed by atoms with Crippen LogP contribution >= 0.6 is 0 Å². The zero-order valence-corrected chi connectivity index (χ0v) is 12.3. The first-order chi connectivity index (χ1) is 10.8. The van der Waals surface area contributed by atoms with Crippen LogP contribution in [0.15, 0.2) is 67.0 Å². The number of hydrogen-bond acceptors (Lipinski definition) is 4. The molecule has 0 saturated heterocycles. The first-order valence-corrected chi connectivity index (χ1v) is 6.98. The van der Waals surface area contributed by atoms with E-state index >= 15 is 0 Å². The highest BCUT2D eigenvalue weighted by molar-refractivity contribution is 5.59. The Balaban J connectivity index is 1.74. The van der Waals surface area contributed by atoms with Crippen LogP contribution in [0.25, 0.3) is 11.3 Å². The van der Waals surface area contributed by atoms with Crippen molar-refractivity contribution < 1.29 is 9.47 Å². The molecule has 110 valence electrons. The lowest BCUT2D eigenvalue weighted by Crippen LogP contribution is -1.98. The molecular formula is C18H16N2O2. The fourth-order valence-electron chi connectivity index (χ4n) is 2.05. The van der Waals surface area contributed by atoms with E-state index < -0.39 is 0 Å². The first kappa shape index (κ1) is 14.1. The molecule has 3 aromatic rings. The highest BCUT2D eigenvalue weighted by Crippen LogP contribution is 2.21. The molecule has 4 heteroatoms. The summed E-state index contributed by atoms with van der Waals surface area (Å²) in [4.78, 5) is 8.69. The van der Waals surface area contributed by atoms with Crippen LogP contribution in [-0.4, -0.2) is 17.1 Å². The minimum absolute atomic E-state index is 0.474. The number of ether oxygens (including phenoxy) is 2. The molecule has 0 unspecified atom stereocenters. The highest BCUT2D eigenvalue weighted by atomic mass is 16.5. The zero-order valence-electron chi connectivity index (χ0n) is 12.3. The minimum atomic E-state index is 0.474. The molecule has 0 fully saturated rings. The van der Waals surface area contributed by atoms with E-state index in [2.05, 4.69) is 9.97 Å². The second-order valence-corrected chi connectivity index (χ2v) is 4.75. The second-order valence-electron chi connectivity index (χ2n) is 4.75. The van der Waals surface area contributed by atoms with Gasteiger partial charge in [-0.2, -0.15) is 0 Å². The second kappa shape index (κ2) is 6.72. The normalized spacial score (nSPS) is 10.2. The minimum Gasteiger partial charge on any atom is -0.497 e. The molecule has 0 radical (unpaired) electrons. The Morgan fingerprint density at radius 2 is 1.68 bits per heavy atom. The van der Waals surface area contributed by atoms with E-state index in [-0.39, 0.29) is 0 Å². The third-order valence-electron chi connectivity index (χ3n) is 3.23. The lowest BCUT2D eigenvalue weighted by molar-refractivity contribution is 0.293. The Hall–Kier alpha value is -2.88. The van der Waals surface area contributed by atoms with Gasteiger partial charge in [0.25, 0.3) is 0 Å². The van der Waals surface area contributed by atoms with Crippen molar-refractivity contribution in [2.75, 3.05) is 7.11 Å². The molecule has 22 heavy (non-hydrogen) atoms. The van der Waals surface area contributed by atoms with Crippen molar-refractivity contribution in [3.63, 3.8) is 0 Å². The van der Waals surface area contributed by atoms with Gasteiger partial charge in [-0.1, -0.05) is 30.3 Å². The van der Waals surface area contributed by atoms with E-state index in [1.165, 1.54) is 0 Å². The smallest absolute Gasteiger partial charge is 0.233 e. The third kappa shape index (κ3) is 3.41. The molecule has 1 heterocycles. The lowest BCUT2D eigenvalue weighted by Gasteiger charge is -2.07. The number of methoxy groups -OCH3 is 1. The molecule has 1 aromatic heterocycles. The summed E-state index contributed by atoms with van der Waals surface area (Å²) in [5.74, 6) is 1.32. The fourth-order valence-corrected chi connectivity index (χ4v) is 2.05. The van der Waals surface area contributed by atoms with Gasteiger partial charge < -0.3 is 9.47 Å². The Labute approximate surface area is 129 Å². The molecule has 0 aliphatic rings. The van der Waals surface area contributed by atoms with Crippen LogP contribution in [0.3, 0.4) is 0 Å². The van der Waals surface area contributed by atoms with Crippen LogP contribution in [0.4, 0.5) is 0 Å². The van der Waals surface area contributed by atoms with Crippen LogP contribution < -0.4 is 9.47 Å².